The molecular formula is C12H21N5. The van der Waals surface area contributed by atoms with Gasteiger partial charge in [0.15, 0.2) is 0 Å². The van der Waals surface area contributed by atoms with E-state index in [4.69, 9.17) is 11.1 Å². The average molecular weight is 235 g/mol. The van der Waals surface area contributed by atoms with Gasteiger partial charge in [-0.2, -0.15) is 0 Å². The summed E-state index contributed by atoms with van der Waals surface area (Å²) in [6, 6.07) is 1.97. The first-order valence-corrected chi connectivity index (χ1v) is 5.86. The first-order chi connectivity index (χ1) is 7.91. The van der Waals surface area contributed by atoms with Gasteiger partial charge in [-0.3, -0.25) is 5.41 Å². The van der Waals surface area contributed by atoms with Gasteiger partial charge < -0.3 is 10.6 Å². The monoisotopic (exact) mass is 235 g/mol. The smallest absolute Gasteiger partial charge is 0.226 e. The van der Waals surface area contributed by atoms with E-state index in [1.807, 2.05) is 0 Å². The quantitative estimate of drug-likeness (QED) is 0.600. The second-order valence-electron chi connectivity index (χ2n) is 4.80. The van der Waals surface area contributed by atoms with Crippen molar-refractivity contribution in [3.8, 4) is 0 Å². The summed E-state index contributed by atoms with van der Waals surface area (Å²) in [7, 11) is 0. The van der Waals surface area contributed by atoms with Gasteiger partial charge in [0, 0.05) is 18.8 Å². The lowest BCUT2D eigenvalue weighted by Gasteiger charge is -2.28. The van der Waals surface area contributed by atoms with E-state index in [2.05, 4.69) is 42.6 Å². The van der Waals surface area contributed by atoms with Crippen LogP contribution in [0, 0.1) is 11.3 Å². The van der Waals surface area contributed by atoms with E-state index in [-0.39, 0.29) is 5.84 Å². The molecule has 5 heteroatoms. The van der Waals surface area contributed by atoms with Gasteiger partial charge in [-0.15, -0.1) is 0 Å². The fraction of sp³-hybridized carbons (Fsp3) is 0.583. The molecule has 1 aromatic heterocycles. The normalized spacial score (nSPS) is 10.9. The second-order valence-corrected chi connectivity index (χ2v) is 4.80. The first kappa shape index (κ1) is 13.4. The van der Waals surface area contributed by atoms with Crippen molar-refractivity contribution in [1.82, 2.24) is 9.97 Å². The zero-order valence-corrected chi connectivity index (χ0v) is 10.9. The summed E-state index contributed by atoms with van der Waals surface area (Å²) < 4.78 is 0. The number of aromatic nitrogens is 2. The van der Waals surface area contributed by atoms with E-state index in [0.29, 0.717) is 23.6 Å². The van der Waals surface area contributed by atoms with Crippen molar-refractivity contribution in [2.45, 2.75) is 33.7 Å². The molecule has 0 aromatic carbocycles. The van der Waals surface area contributed by atoms with Crippen LogP contribution in [0.15, 0.2) is 12.3 Å². The van der Waals surface area contributed by atoms with Crippen molar-refractivity contribution in [3.63, 3.8) is 0 Å². The van der Waals surface area contributed by atoms with Gasteiger partial charge in [-0.05, 0) is 25.8 Å². The molecule has 0 radical (unpaired) electrons. The predicted molar refractivity (Wildman–Crippen MR) is 70.4 cm³/mol. The fourth-order valence-corrected chi connectivity index (χ4v) is 1.55. The Kier molecular flexibility index (Phi) is 4.43. The minimum Gasteiger partial charge on any atom is -0.382 e. The first-order valence-electron chi connectivity index (χ1n) is 5.86. The van der Waals surface area contributed by atoms with Crippen molar-refractivity contribution in [2.75, 3.05) is 11.4 Å². The molecule has 3 N–H and O–H groups in total. The highest BCUT2D eigenvalue weighted by Gasteiger charge is 2.15. The predicted octanol–water partition coefficient (Wildman–Crippen LogP) is 1.63. The Morgan fingerprint density at radius 3 is 2.53 bits per heavy atom. The molecule has 0 saturated heterocycles. The molecule has 0 aliphatic heterocycles. The van der Waals surface area contributed by atoms with Crippen LogP contribution < -0.4 is 10.6 Å². The van der Waals surface area contributed by atoms with Crippen molar-refractivity contribution >= 4 is 11.8 Å². The lowest BCUT2D eigenvalue weighted by molar-refractivity contribution is 0.560. The molecule has 1 heterocycles. The minimum atomic E-state index is -0.0260. The number of nitrogens with one attached hydrogen (secondary N) is 1. The third kappa shape index (κ3) is 3.69. The van der Waals surface area contributed by atoms with Gasteiger partial charge in [0.2, 0.25) is 5.95 Å². The molecule has 5 nitrogen and oxygen atoms in total. The number of nitrogens with zero attached hydrogens (tertiary/aromatic N) is 3. The molecule has 17 heavy (non-hydrogen) atoms. The standard InChI is InChI=1S/C12H21N5/c1-8(2)7-17(9(3)4)12-15-6-5-10(16-12)11(13)14/h5-6,8-9H,7H2,1-4H3,(H3,13,14). The van der Waals surface area contributed by atoms with Crippen molar-refractivity contribution in [3.05, 3.63) is 18.0 Å². The van der Waals surface area contributed by atoms with Gasteiger partial charge in [0.1, 0.15) is 11.5 Å². The van der Waals surface area contributed by atoms with Crippen molar-refractivity contribution < 1.29 is 0 Å². The Hall–Kier alpha value is -1.65. The van der Waals surface area contributed by atoms with Gasteiger partial charge in [-0.1, -0.05) is 13.8 Å². The Bertz CT molecular complexity index is 386. The van der Waals surface area contributed by atoms with Gasteiger partial charge in [0.25, 0.3) is 0 Å². The maximum atomic E-state index is 7.39. The van der Waals surface area contributed by atoms with Crippen LogP contribution in [-0.2, 0) is 0 Å². The molecule has 0 aliphatic carbocycles. The molecule has 0 unspecified atom stereocenters. The zero-order chi connectivity index (χ0) is 13.0. The number of rotatable bonds is 5. The summed E-state index contributed by atoms with van der Waals surface area (Å²) in [5, 5.41) is 7.39. The summed E-state index contributed by atoms with van der Waals surface area (Å²) in [5.74, 6) is 1.14. The molecule has 0 aliphatic rings. The van der Waals surface area contributed by atoms with Crippen LogP contribution in [0.2, 0.25) is 0 Å². The molecule has 1 rings (SSSR count). The number of nitrogen functional groups attached to an aromatic ring is 1. The summed E-state index contributed by atoms with van der Waals surface area (Å²) in [4.78, 5) is 10.7. The van der Waals surface area contributed by atoms with E-state index >= 15 is 0 Å². The molecule has 0 bridgehead atoms. The number of hydrogen-bond donors (Lipinski definition) is 2. The van der Waals surface area contributed by atoms with Gasteiger partial charge in [-0.25, -0.2) is 9.97 Å². The van der Waals surface area contributed by atoms with E-state index < -0.39 is 0 Å². The Morgan fingerprint density at radius 1 is 1.41 bits per heavy atom. The molecular weight excluding hydrogens is 214 g/mol. The lowest BCUT2D eigenvalue weighted by Crippen LogP contribution is -2.36. The van der Waals surface area contributed by atoms with Crippen LogP contribution in [0.3, 0.4) is 0 Å². The topological polar surface area (TPSA) is 78.9 Å². The largest absolute Gasteiger partial charge is 0.382 e. The molecule has 0 atom stereocenters. The molecule has 1 aromatic rings. The van der Waals surface area contributed by atoms with Crippen LogP contribution in [0.1, 0.15) is 33.4 Å². The summed E-state index contributed by atoms with van der Waals surface area (Å²) in [6.07, 6.45) is 1.65. The lowest BCUT2D eigenvalue weighted by atomic mass is 10.2. The fourth-order valence-electron chi connectivity index (χ4n) is 1.55. The number of amidine groups is 1. The highest BCUT2D eigenvalue weighted by Crippen LogP contribution is 2.13. The zero-order valence-electron chi connectivity index (χ0n) is 10.9. The maximum absolute atomic E-state index is 7.39. The highest BCUT2D eigenvalue weighted by atomic mass is 15.3. The number of anilines is 1. The maximum Gasteiger partial charge on any atom is 0.226 e. The van der Waals surface area contributed by atoms with E-state index in [9.17, 15) is 0 Å². The summed E-state index contributed by atoms with van der Waals surface area (Å²) in [6.45, 7) is 9.41. The molecule has 0 saturated carbocycles. The van der Waals surface area contributed by atoms with E-state index in [1.54, 1.807) is 12.3 Å². The Morgan fingerprint density at radius 2 is 2.06 bits per heavy atom. The molecule has 0 fully saturated rings. The van der Waals surface area contributed by atoms with Crippen LogP contribution in [0.25, 0.3) is 0 Å². The second kappa shape index (κ2) is 5.61. The number of nitrogens with two attached hydrogens (primary N) is 1. The van der Waals surface area contributed by atoms with Crippen LogP contribution >= 0.6 is 0 Å². The highest BCUT2D eigenvalue weighted by molar-refractivity contribution is 5.93. The van der Waals surface area contributed by atoms with E-state index in [0.717, 1.165) is 6.54 Å². The van der Waals surface area contributed by atoms with Crippen molar-refractivity contribution in [2.24, 2.45) is 11.7 Å². The van der Waals surface area contributed by atoms with Crippen LogP contribution in [-0.4, -0.2) is 28.4 Å². The average Bonchev–Trinajstić information content (AvgIpc) is 2.25. The Balaban J connectivity index is 3.01. The summed E-state index contributed by atoms with van der Waals surface area (Å²) >= 11 is 0. The van der Waals surface area contributed by atoms with Crippen molar-refractivity contribution in [1.29, 1.82) is 5.41 Å². The third-order valence-corrected chi connectivity index (χ3v) is 2.36. The van der Waals surface area contributed by atoms with Gasteiger partial charge >= 0.3 is 0 Å². The SMILES string of the molecule is CC(C)CN(c1nccc(C(=N)N)n1)C(C)C. The van der Waals surface area contributed by atoms with E-state index in [1.165, 1.54) is 0 Å². The summed E-state index contributed by atoms with van der Waals surface area (Å²) in [5.41, 5.74) is 5.91. The van der Waals surface area contributed by atoms with Crippen LogP contribution in [0.5, 0.6) is 0 Å². The number of hydrogen-bond acceptors (Lipinski definition) is 4. The molecule has 0 amide bonds. The molecule has 94 valence electrons. The van der Waals surface area contributed by atoms with Crippen LogP contribution in [0.4, 0.5) is 5.95 Å². The third-order valence-electron chi connectivity index (χ3n) is 2.36. The minimum absolute atomic E-state index is 0.0260. The molecule has 0 spiro atoms. The van der Waals surface area contributed by atoms with Gasteiger partial charge in [0.05, 0.1) is 0 Å². The Labute approximate surface area is 103 Å².